The average Bonchev–Trinajstić information content (AvgIpc) is 2.90. The van der Waals surface area contributed by atoms with Gasteiger partial charge in [0, 0.05) is 31.8 Å². The third kappa shape index (κ3) is 3.55. The largest absolute Gasteiger partial charge is 0.331 e. The number of aryl methyl sites for hydroxylation is 1. The molecule has 120 valence electrons. The monoisotopic (exact) mass is 305 g/mol. The lowest BCUT2D eigenvalue weighted by atomic mass is 10.2. The van der Waals surface area contributed by atoms with Crippen LogP contribution < -0.4 is 10.9 Å². The summed E-state index contributed by atoms with van der Waals surface area (Å²) in [7, 11) is 0. The molecule has 1 unspecified atom stereocenters. The van der Waals surface area contributed by atoms with Gasteiger partial charge in [-0.05, 0) is 25.3 Å². The first-order valence-electron chi connectivity index (χ1n) is 7.87. The van der Waals surface area contributed by atoms with Crippen LogP contribution in [0.4, 0.5) is 5.69 Å². The lowest BCUT2D eigenvalue weighted by Crippen LogP contribution is -2.44. The molecule has 1 atom stereocenters. The molecule has 0 bridgehead atoms. The highest BCUT2D eigenvalue weighted by Gasteiger charge is 2.31. The highest BCUT2D eigenvalue weighted by atomic mass is 16.2. The van der Waals surface area contributed by atoms with E-state index in [0.717, 1.165) is 12.8 Å². The first-order chi connectivity index (χ1) is 10.6. The quantitative estimate of drug-likeness (QED) is 0.867. The molecule has 1 aromatic heterocycles. The second-order valence-corrected chi connectivity index (χ2v) is 5.55. The normalized spacial score (nSPS) is 15.9. The highest BCUT2D eigenvalue weighted by Crippen LogP contribution is 2.17. The first kappa shape index (κ1) is 16.3. The summed E-state index contributed by atoms with van der Waals surface area (Å²) < 4.78 is 1.58. The Labute approximate surface area is 130 Å². The van der Waals surface area contributed by atoms with Gasteiger partial charge in [0.05, 0.1) is 5.69 Å². The van der Waals surface area contributed by atoms with Crippen LogP contribution in [0.3, 0.4) is 0 Å². The summed E-state index contributed by atoms with van der Waals surface area (Å²) >= 11 is 0. The van der Waals surface area contributed by atoms with E-state index in [9.17, 15) is 14.4 Å². The Hall–Kier alpha value is -2.11. The minimum absolute atomic E-state index is 0.0398. The summed E-state index contributed by atoms with van der Waals surface area (Å²) in [5, 5.41) is 2.82. The fourth-order valence-corrected chi connectivity index (χ4v) is 2.79. The molecule has 1 aliphatic heterocycles. The van der Waals surface area contributed by atoms with Crippen molar-refractivity contribution in [3.8, 4) is 0 Å². The number of amides is 2. The lowest BCUT2D eigenvalue weighted by Gasteiger charge is -2.25. The molecule has 22 heavy (non-hydrogen) atoms. The molecule has 1 saturated heterocycles. The summed E-state index contributed by atoms with van der Waals surface area (Å²) in [6.45, 7) is 5.14. The third-order valence-corrected chi connectivity index (χ3v) is 3.89. The van der Waals surface area contributed by atoms with Crippen molar-refractivity contribution in [3.05, 3.63) is 28.7 Å². The minimum atomic E-state index is -0.443. The van der Waals surface area contributed by atoms with Crippen LogP contribution in [0.1, 0.15) is 39.5 Å². The number of aromatic nitrogens is 1. The maximum absolute atomic E-state index is 12.4. The van der Waals surface area contributed by atoms with Crippen LogP contribution in [0.15, 0.2) is 23.1 Å². The molecule has 6 nitrogen and oxygen atoms in total. The van der Waals surface area contributed by atoms with Crippen LogP contribution in [0, 0.1) is 0 Å². The van der Waals surface area contributed by atoms with Crippen molar-refractivity contribution in [2.24, 2.45) is 0 Å². The molecule has 6 heteroatoms. The predicted octanol–water partition coefficient (Wildman–Crippen LogP) is 1.60. The molecule has 1 N–H and O–H groups in total. The summed E-state index contributed by atoms with van der Waals surface area (Å²) in [6.07, 6.45) is 4.40. The molecule has 0 spiro atoms. The number of carbonyl (C=O) groups excluding carboxylic acids is 2. The van der Waals surface area contributed by atoms with Crippen LogP contribution in [0.25, 0.3) is 0 Å². The molecule has 1 aliphatic rings. The Morgan fingerprint density at radius 2 is 2.09 bits per heavy atom. The number of rotatable bonds is 6. The van der Waals surface area contributed by atoms with Gasteiger partial charge in [-0.15, -0.1) is 0 Å². The Morgan fingerprint density at radius 3 is 2.68 bits per heavy atom. The van der Waals surface area contributed by atoms with Gasteiger partial charge in [0.15, 0.2) is 0 Å². The molecular formula is C16H23N3O3. The standard InChI is InChI=1S/C16H23N3O3/c1-3-9-18-11-12(7-8-14(18)20)17-16(22)13(4-2)19-10-5-6-15(19)21/h7-8,11,13H,3-6,9-10H2,1-2H3,(H,17,22). The molecule has 0 saturated carbocycles. The van der Waals surface area contributed by atoms with Gasteiger partial charge in [0.25, 0.3) is 5.56 Å². The lowest BCUT2D eigenvalue weighted by molar-refractivity contribution is -0.135. The van der Waals surface area contributed by atoms with E-state index in [1.165, 1.54) is 6.07 Å². The number of nitrogens with zero attached hydrogens (tertiary/aromatic N) is 2. The van der Waals surface area contributed by atoms with Crippen molar-refractivity contribution in [3.63, 3.8) is 0 Å². The van der Waals surface area contributed by atoms with Crippen LogP contribution >= 0.6 is 0 Å². The van der Waals surface area contributed by atoms with Gasteiger partial charge in [-0.2, -0.15) is 0 Å². The summed E-state index contributed by atoms with van der Waals surface area (Å²) in [5.74, 6) is -0.155. The van der Waals surface area contributed by atoms with Crippen molar-refractivity contribution < 1.29 is 9.59 Å². The number of hydrogen-bond acceptors (Lipinski definition) is 3. The van der Waals surface area contributed by atoms with Gasteiger partial charge in [-0.1, -0.05) is 13.8 Å². The smallest absolute Gasteiger partial charge is 0.250 e. The molecule has 2 heterocycles. The molecule has 0 radical (unpaired) electrons. The number of carbonyl (C=O) groups is 2. The zero-order chi connectivity index (χ0) is 16.1. The van der Waals surface area contributed by atoms with Gasteiger partial charge < -0.3 is 14.8 Å². The van der Waals surface area contributed by atoms with Gasteiger partial charge in [0.2, 0.25) is 11.8 Å². The van der Waals surface area contributed by atoms with E-state index < -0.39 is 6.04 Å². The second kappa shape index (κ2) is 7.24. The molecule has 1 fully saturated rings. The maximum Gasteiger partial charge on any atom is 0.250 e. The average molecular weight is 305 g/mol. The van der Waals surface area contributed by atoms with Crippen molar-refractivity contribution in [1.82, 2.24) is 9.47 Å². The highest BCUT2D eigenvalue weighted by molar-refractivity contribution is 5.97. The van der Waals surface area contributed by atoms with Gasteiger partial charge >= 0.3 is 0 Å². The van der Waals surface area contributed by atoms with Gasteiger partial charge in [-0.25, -0.2) is 0 Å². The molecule has 2 amide bonds. The van der Waals surface area contributed by atoms with Crippen LogP contribution in [-0.4, -0.2) is 33.9 Å². The van der Waals surface area contributed by atoms with E-state index in [0.29, 0.717) is 31.6 Å². The number of pyridine rings is 1. The van der Waals surface area contributed by atoms with E-state index >= 15 is 0 Å². The van der Waals surface area contributed by atoms with Crippen molar-refractivity contribution in [1.29, 1.82) is 0 Å². The molecule has 1 aromatic rings. The Morgan fingerprint density at radius 1 is 1.32 bits per heavy atom. The SMILES string of the molecule is CCCn1cc(NC(=O)C(CC)N2CCCC2=O)ccc1=O. The van der Waals surface area contributed by atoms with E-state index in [1.54, 1.807) is 21.7 Å². The summed E-state index contributed by atoms with van der Waals surface area (Å²) in [4.78, 5) is 37.6. The topological polar surface area (TPSA) is 71.4 Å². The predicted molar refractivity (Wildman–Crippen MR) is 84.6 cm³/mol. The zero-order valence-corrected chi connectivity index (χ0v) is 13.2. The maximum atomic E-state index is 12.4. The molecule has 0 aromatic carbocycles. The fourth-order valence-electron chi connectivity index (χ4n) is 2.79. The van der Waals surface area contributed by atoms with Crippen molar-refractivity contribution in [2.75, 3.05) is 11.9 Å². The first-order valence-corrected chi connectivity index (χ1v) is 7.87. The van der Waals surface area contributed by atoms with E-state index in [2.05, 4.69) is 5.32 Å². The summed E-state index contributed by atoms with van der Waals surface area (Å²) in [6, 6.07) is 2.61. The van der Waals surface area contributed by atoms with Crippen molar-refractivity contribution in [2.45, 2.75) is 52.1 Å². The van der Waals surface area contributed by atoms with E-state index in [-0.39, 0.29) is 17.4 Å². The minimum Gasteiger partial charge on any atom is -0.331 e. The fraction of sp³-hybridized carbons (Fsp3) is 0.562. The summed E-state index contributed by atoms with van der Waals surface area (Å²) in [5.41, 5.74) is 0.504. The second-order valence-electron chi connectivity index (χ2n) is 5.55. The third-order valence-electron chi connectivity index (χ3n) is 3.89. The zero-order valence-electron chi connectivity index (χ0n) is 13.2. The number of nitrogens with one attached hydrogen (secondary N) is 1. The Balaban J connectivity index is 2.11. The van der Waals surface area contributed by atoms with Crippen LogP contribution in [0.5, 0.6) is 0 Å². The van der Waals surface area contributed by atoms with E-state index in [4.69, 9.17) is 0 Å². The van der Waals surface area contributed by atoms with Crippen molar-refractivity contribution >= 4 is 17.5 Å². The van der Waals surface area contributed by atoms with E-state index in [1.807, 2.05) is 13.8 Å². The number of hydrogen-bond donors (Lipinski definition) is 1. The molecular weight excluding hydrogens is 282 g/mol. The Bertz CT molecular complexity index is 609. The van der Waals surface area contributed by atoms with Crippen LogP contribution in [-0.2, 0) is 16.1 Å². The van der Waals surface area contributed by atoms with Gasteiger partial charge in [0.1, 0.15) is 6.04 Å². The Kier molecular flexibility index (Phi) is 5.35. The number of anilines is 1. The number of likely N-dealkylation sites (tertiary alicyclic amines) is 1. The molecule has 2 rings (SSSR count). The van der Waals surface area contributed by atoms with Gasteiger partial charge in [-0.3, -0.25) is 14.4 Å². The molecule has 0 aliphatic carbocycles. The van der Waals surface area contributed by atoms with Crippen LogP contribution in [0.2, 0.25) is 0 Å².